The summed E-state index contributed by atoms with van der Waals surface area (Å²) < 4.78 is 26.3. The van der Waals surface area contributed by atoms with E-state index in [1.165, 1.54) is 0 Å². The third-order valence-electron chi connectivity index (χ3n) is 1.95. The van der Waals surface area contributed by atoms with Gasteiger partial charge in [-0.15, -0.1) is 0 Å². The molecule has 0 aromatic rings. The van der Waals surface area contributed by atoms with Gasteiger partial charge in [0.1, 0.15) is 0 Å². The summed E-state index contributed by atoms with van der Waals surface area (Å²) in [5, 5.41) is 0. The summed E-state index contributed by atoms with van der Waals surface area (Å²) in [5.74, 6) is 0.721. The van der Waals surface area contributed by atoms with Crippen LogP contribution in [0.4, 0.5) is 0 Å². The zero-order valence-corrected chi connectivity index (χ0v) is 11.1. The molecule has 4 N–H and O–H groups in total. The van der Waals surface area contributed by atoms with Gasteiger partial charge in [0.25, 0.3) is 0 Å². The maximum absolute atomic E-state index is 11.2. The van der Waals surface area contributed by atoms with Crippen molar-refractivity contribution in [1.82, 2.24) is 5.48 Å². The molecule has 1 aliphatic rings. The van der Waals surface area contributed by atoms with E-state index in [2.05, 4.69) is 10.1 Å². The van der Waals surface area contributed by atoms with E-state index in [9.17, 15) is 9.13 Å². The van der Waals surface area contributed by atoms with Crippen molar-refractivity contribution in [2.45, 2.75) is 18.9 Å². The zero-order chi connectivity index (χ0) is 12.2. The standard InChI is InChI=1S/C6H15NO6P2S/c8-14(9,10)5-15(11,12)13-7-6-1-3-16-4-2-6/h6-7H,1-5H2,(H,11,12)(H2,8,9,10). The number of rotatable bonds is 5. The molecule has 1 rings (SSSR count). The van der Waals surface area contributed by atoms with Crippen LogP contribution in [0.5, 0.6) is 0 Å². The van der Waals surface area contributed by atoms with Gasteiger partial charge in [-0.25, -0.2) is 4.62 Å². The Kier molecular flexibility index (Phi) is 5.48. The lowest BCUT2D eigenvalue weighted by molar-refractivity contribution is 0.129. The van der Waals surface area contributed by atoms with Crippen molar-refractivity contribution in [3.8, 4) is 0 Å². The highest BCUT2D eigenvalue weighted by atomic mass is 32.2. The molecule has 96 valence electrons. The Balaban J connectivity index is 2.35. The maximum atomic E-state index is 11.2. The van der Waals surface area contributed by atoms with E-state index in [4.69, 9.17) is 14.7 Å². The summed E-state index contributed by atoms with van der Waals surface area (Å²) in [6, 6.07) is -0.0292. The van der Waals surface area contributed by atoms with Gasteiger partial charge in [0.15, 0.2) is 5.90 Å². The molecule has 0 radical (unpaired) electrons. The molecule has 16 heavy (non-hydrogen) atoms. The molecule has 0 aliphatic carbocycles. The normalized spacial score (nSPS) is 22.9. The Bertz CT molecular complexity index is 314. The molecule has 7 nitrogen and oxygen atoms in total. The second kappa shape index (κ2) is 5.98. The molecule has 1 fully saturated rings. The number of hydrogen-bond acceptors (Lipinski definition) is 5. The van der Waals surface area contributed by atoms with Crippen LogP contribution < -0.4 is 5.48 Å². The van der Waals surface area contributed by atoms with Crippen molar-refractivity contribution in [3.05, 3.63) is 0 Å². The van der Waals surface area contributed by atoms with E-state index in [0.717, 1.165) is 24.3 Å². The van der Waals surface area contributed by atoms with E-state index in [0.29, 0.717) is 0 Å². The predicted octanol–water partition coefficient (Wildman–Crippen LogP) is 0.724. The zero-order valence-electron chi connectivity index (χ0n) is 8.48. The van der Waals surface area contributed by atoms with Crippen molar-refractivity contribution in [1.29, 1.82) is 0 Å². The van der Waals surface area contributed by atoms with Crippen molar-refractivity contribution in [2.24, 2.45) is 0 Å². The number of nitrogens with one attached hydrogen (secondary N) is 1. The number of hydrogen-bond donors (Lipinski definition) is 4. The van der Waals surface area contributed by atoms with E-state index in [1.807, 2.05) is 0 Å². The lowest BCUT2D eigenvalue weighted by Gasteiger charge is -2.23. The summed E-state index contributed by atoms with van der Waals surface area (Å²) >= 11 is 1.79. The molecule has 1 aliphatic heterocycles. The van der Waals surface area contributed by atoms with E-state index >= 15 is 0 Å². The summed E-state index contributed by atoms with van der Waals surface area (Å²) in [6.07, 6.45) is 1.61. The fourth-order valence-electron chi connectivity index (χ4n) is 1.23. The molecule has 0 amide bonds. The summed E-state index contributed by atoms with van der Waals surface area (Å²) in [5.41, 5.74) is 2.41. The van der Waals surface area contributed by atoms with Gasteiger partial charge in [0.2, 0.25) is 0 Å². The summed E-state index contributed by atoms with van der Waals surface area (Å²) in [6.45, 7) is 0. The molecule has 0 aromatic carbocycles. The van der Waals surface area contributed by atoms with E-state index in [1.54, 1.807) is 11.8 Å². The number of hydroxylamine groups is 1. The highest BCUT2D eigenvalue weighted by Gasteiger charge is 2.32. The lowest BCUT2D eigenvalue weighted by Crippen LogP contribution is -2.32. The van der Waals surface area contributed by atoms with Gasteiger partial charge in [-0.3, -0.25) is 9.13 Å². The Morgan fingerprint density at radius 1 is 1.25 bits per heavy atom. The minimum Gasteiger partial charge on any atom is -0.324 e. The maximum Gasteiger partial charge on any atom is 0.356 e. The van der Waals surface area contributed by atoms with E-state index in [-0.39, 0.29) is 6.04 Å². The summed E-state index contributed by atoms with van der Waals surface area (Å²) in [4.78, 5) is 26.3. The second-order valence-corrected chi connectivity index (χ2v) is 8.68. The van der Waals surface area contributed by atoms with Gasteiger partial charge in [0, 0.05) is 6.04 Å². The smallest absolute Gasteiger partial charge is 0.324 e. The third-order valence-corrected chi connectivity index (χ3v) is 6.29. The van der Waals surface area contributed by atoms with Crippen molar-refractivity contribution in [3.63, 3.8) is 0 Å². The molecule has 10 heteroatoms. The Labute approximate surface area is 97.6 Å². The molecule has 0 bridgehead atoms. The fraction of sp³-hybridized carbons (Fsp3) is 1.00. The van der Waals surface area contributed by atoms with Gasteiger partial charge in [-0.05, 0) is 24.3 Å². The molecule has 0 saturated carbocycles. The first-order chi connectivity index (χ1) is 7.29. The quantitative estimate of drug-likeness (QED) is 0.432. The average Bonchev–Trinajstić information content (AvgIpc) is 2.13. The molecule has 1 saturated heterocycles. The molecule has 1 heterocycles. The Morgan fingerprint density at radius 2 is 1.81 bits per heavy atom. The van der Waals surface area contributed by atoms with Crippen LogP contribution in [0.1, 0.15) is 12.8 Å². The first kappa shape index (κ1) is 14.7. The second-order valence-electron chi connectivity index (χ2n) is 3.54. The largest absolute Gasteiger partial charge is 0.356 e. The lowest BCUT2D eigenvalue weighted by atomic mass is 10.2. The molecular weight excluding hydrogens is 276 g/mol. The minimum absolute atomic E-state index is 0.0292. The van der Waals surface area contributed by atoms with Crippen molar-refractivity contribution >= 4 is 27.0 Å². The SMILES string of the molecule is O=P(O)(O)CP(=O)(O)ONC1CCSCC1. The van der Waals surface area contributed by atoms with Crippen LogP contribution in [-0.4, -0.2) is 38.1 Å². The first-order valence-electron chi connectivity index (χ1n) is 4.67. The topological polar surface area (TPSA) is 116 Å². The monoisotopic (exact) mass is 291 g/mol. The number of thioether (sulfide) groups is 1. The van der Waals surface area contributed by atoms with E-state index < -0.39 is 21.1 Å². The van der Waals surface area contributed by atoms with Crippen LogP contribution >= 0.6 is 27.0 Å². The minimum atomic E-state index is -4.54. The molecule has 1 unspecified atom stereocenters. The molecule has 1 atom stereocenters. The average molecular weight is 291 g/mol. The van der Waals surface area contributed by atoms with Crippen LogP contribution in [0, 0.1) is 0 Å². The van der Waals surface area contributed by atoms with Crippen LogP contribution in [0.3, 0.4) is 0 Å². The van der Waals surface area contributed by atoms with Gasteiger partial charge < -0.3 is 14.7 Å². The highest BCUT2D eigenvalue weighted by molar-refractivity contribution is 7.99. The molecular formula is C6H15NO6P2S. The highest BCUT2D eigenvalue weighted by Crippen LogP contribution is 2.54. The Morgan fingerprint density at radius 3 is 2.31 bits per heavy atom. The first-order valence-corrected chi connectivity index (χ1v) is 9.38. The summed E-state index contributed by atoms with van der Waals surface area (Å²) in [7, 11) is -8.80. The third kappa shape index (κ3) is 6.37. The van der Waals surface area contributed by atoms with Gasteiger partial charge in [-0.1, -0.05) is 0 Å². The van der Waals surface area contributed by atoms with Gasteiger partial charge in [-0.2, -0.15) is 17.2 Å². The Hall–Kier alpha value is 0.610. The fourth-order valence-corrected chi connectivity index (χ4v) is 4.75. The van der Waals surface area contributed by atoms with Crippen molar-refractivity contribution < 1.29 is 28.4 Å². The molecule has 0 spiro atoms. The van der Waals surface area contributed by atoms with Gasteiger partial charge in [0.05, 0.1) is 0 Å². The van der Waals surface area contributed by atoms with Crippen LogP contribution in [0.25, 0.3) is 0 Å². The van der Waals surface area contributed by atoms with Crippen LogP contribution in [0.2, 0.25) is 0 Å². The molecule has 0 aromatic heterocycles. The van der Waals surface area contributed by atoms with Crippen LogP contribution in [-0.2, 0) is 13.8 Å². The van der Waals surface area contributed by atoms with Crippen LogP contribution in [0.15, 0.2) is 0 Å². The van der Waals surface area contributed by atoms with Gasteiger partial charge >= 0.3 is 15.2 Å². The predicted molar refractivity (Wildman–Crippen MR) is 61.3 cm³/mol. The van der Waals surface area contributed by atoms with Crippen molar-refractivity contribution in [2.75, 3.05) is 17.4 Å².